The van der Waals surface area contributed by atoms with E-state index in [-0.39, 0.29) is 30.6 Å². The highest BCUT2D eigenvalue weighted by Gasteiger charge is 2.30. The normalized spacial score (nSPS) is 15.0. The van der Waals surface area contributed by atoms with Crippen molar-refractivity contribution in [3.05, 3.63) is 28.8 Å². The van der Waals surface area contributed by atoms with Gasteiger partial charge >= 0.3 is 5.97 Å². The average Bonchev–Trinajstić information content (AvgIpc) is 3.12. The molecular weight excluding hydrogens is 377 g/mol. The first-order chi connectivity index (χ1) is 12.9. The maximum atomic E-state index is 13.5. The monoisotopic (exact) mass is 393 g/mol. The van der Waals surface area contributed by atoms with Crippen LogP contribution in [0.4, 0.5) is 4.39 Å². The predicted octanol–water partition coefficient (Wildman–Crippen LogP) is 0.981. The Bertz CT molecular complexity index is 994. The number of amides is 3. The van der Waals surface area contributed by atoms with Gasteiger partial charge in [-0.05, 0) is 18.2 Å². The minimum absolute atomic E-state index is 0.0458. The Kier molecular flexibility index (Phi) is 5.45. The molecule has 142 valence electrons. The Morgan fingerprint density at radius 1 is 1.26 bits per heavy atom. The number of hydrogen-bond acceptors (Lipinski definition) is 6. The number of aromatic nitrogens is 1. The fourth-order valence-corrected chi connectivity index (χ4v) is 3.83. The summed E-state index contributed by atoms with van der Waals surface area (Å²) in [6.45, 7) is -0.247. The molecule has 0 atom stereocenters. The molecule has 1 fully saturated rings. The van der Waals surface area contributed by atoms with Crippen LogP contribution in [0, 0.1) is 5.82 Å². The molecule has 2 heterocycles. The van der Waals surface area contributed by atoms with Crippen molar-refractivity contribution < 1.29 is 28.3 Å². The zero-order valence-corrected chi connectivity index (χ0v) is 15.3. The number of thiazole rings is 1. The number of carbonyl (C=O) groups is 4. The van der Waals surface area contributed by atoms with Gasteiger partial charge in [0.25, 0.3) is 5.91 Å². The number of imide groups is 1. The zero-order valence-electron chi connectivity index (χ0n) is 14.4. The summed E-state index contributed by atoms with van der Waals surface area (Å²) in [7, 11) is 1.27. The summed E-state index contributed by atoms with van der Waals surface area (Å²) >= 11 is 1.08. The minimum Gasteiger partial charge on any atom is -0.469 e. The van der Waals surface area contributed by atoms with Crippen molar-refractivity contribution in [2.24, 2.45) is 4.99 Å². The Morgan fingerprint density at radius 3 is 2.63 bits per heavy atom. The number of likely N-dealkylation sites (tertiary alicyclic amines) is 1. The number of carbonyl (C=O) groups excluding carboxylic acids is 4. The highest BCUT2D eigenvalue weighted by atomic mass is 32.1. The fraction of sp³-hybridized carbons (Fsp3) is 0.353. The van der Waals surface area contributed by atoms with E-state index < -0.39 is 36.1 Å². The van der Waals surface area contributed by atoms with Gasteiger partial charge in [-0.1, -0.05) is 11.3 Å². The van der Waals surface area contributed by atoms with E-state index in [1.165, 1.54) is 25.3 Å². The van der Waals surface area contributed by atoms with E-state index in [4.69, 9.17) is 0 Å². The summed E-state index contributed by atoms with van der Waals surface area (Å²) < 4.78 is 20.3. The lowest BCUT2D eigenvalue weighted by Crippen LogP contribution is -2.34. The summed E-state index contributed by atoms with van der Waals surface area (Å²) in [5, 5.41) is 0. The van der Waals surface area contributed by atoms with Crippen LogP contribution in [0.2, 0.25) is 0 Å². The highest BCUT2D eigenvalue weighted by Crippen LogP contribution is 2.19. The second-order valence-electron chi connectivity index (χ2n) is 5.85. The third-order valence-corrected chi connectivity index (χ3v) is 5.12. The molecule has 0 bridgehead atoms. The van der Waals surface area contributed by atoms with Gasteiger partial charge in [0.2, 0.25) is 11.8 Å². The standard InChI is InChI=1S/C17H16FN3O5S/c1-26-16(25)6-7-20-11-3-2-10(18)8-12(11)27-17(20)19-13(22)9-21-14(23)4-5-15(21)24/h2-3,8H,4-7,9H2,1H3. The Balaban J connectivity index is 1.94. The number of benzene rings is 1. The molecule has 27 heavy (non-hydrogen) atoms. The average molecular weight is 393 g/mol. The Labute approximate surface area is 156 Å². The van der Waals surface area contributed by atoms with E-state index in [1.54, 1.807) is 4.57 Å². The lowest BCUT2D eigenvalue weighted by atomic mass is 10.3. The number of fused-ring (bicyclic) bond motifs is 1. The molecule has 0 N–H and O–H groups in total. The van der Waals surface area contributed by atoms with Crippen LogP contribution in [-0.2, 0) is 30.5 Å². The van der Waals surface area contributed by atoms with Crippen molar-refractivity contribution in [2.45, 2.75) is 25.8 Å². The first-order valence-electron chi connectivity index (χ1n) is 8.15. The van der Waals surface area contributed by atoms with E-state index >= 15 is 0 Å². The van der Waals surface area contributed by atoms with Gasteiger partial charge in [-0.3, -0.25) is 24.1 Å². The molecule has 1 saturated heterocycles. The minimum atomic E-state index is -0.669. The molecule has 1 aliphatic heterocycles. The van der Waals surface area contributed by atoms with E-state index in [0.717, 1.165) is 16.2 Å². The summed E-state index contributed by atoms with van der Waals surface area (Å²) in [6, 6.07) is 4.12. The molecule has 1 aromatic heterocycles. The maximum Gasteiger partial charge on any atom is 0.307 e. The van der Waals surface area contributed by atoms with Gasteiger partial charge in [0.15, 0.2) is 4.80 Å². The SMILES string of the molecule is COC(=O)CCn1c(=NC(=O)CN2C(=O)CCC2=O)sc2cc(F)ccc21. The van der Waals surface area contributed by atoms with E-state index in [0.29, 0.717) is 10.2 Å². The molecule has 0 unspecified atom stereocenters. The number of hydrogen-bond donors (Lipinski definition) is 0. The third kappa shape index (κ3) is 4.11. The smallest absolute Gasteiger partial charge is 0.307 e. The quantitative estimate of drug-likeness (QED) is 0.557. The summed E-state index contributed by atoms with van der Waals surface area (Å²) in [5.41, 5.74) is 0.616. The van der Waals surface area contributed by atoms with Crippen molar-refractivity contribution in [1.82, 2.24) is 9.47 Å². The fourth-order valence-electron chi connectivity index (χ4n) is 2.73. The molecule has 8 nitrogen and oxygen atoms in total. The molecule has 0 radical (unpaired) electrons. The summed E-state index contributed by atoms with van der Waals surface area (Å²) in [4.78, 5) is 52.1. The molecule has 1 aliphatic rings. The molecule has 1 aromatic carbocycles. The van der Waals surface area contributed by atoms with Crippen LogP contribution in [0.15, 0.2) is 23.2 Å². The summed E-state index contributed by atoms with van der Waals surface area (Å²) in [6.07, 6.45) is 0.227. The molecule has 0 spiro atoms. The van der Waals surface area contributed by atoms with Crippen molar-refractivity contribution >= 4 is 45.2 Å². The highest BCUT2D eigenvalue weighted by molar-refractivity contribution is 7.16. The van der Waals surface area contributed by atoms with Gasteiger partial charge in [0.1, 0.15) is 12.4 Å². The van der Waals surface area contributed by atoms with E-state index in [1.807, 2.05) is 0 Å². The first kappa shape index (κ1) is 18.9. The van der Waals surface area contributed by atoms with E-state index in [9.17, 15) is 23.6 Å². The lowest BCUT2D eigenvalue weighted by molar-refractivity contribution is -0.142. The van der Waals surface area contributed by atoms with Crippen LogP contribution < -0.4 is 4.80 Å². The van der Waals surface area contributed by atoms with Gasteiger partial charge in [0.05, 0.1) is 23.7 Å². The second-order valence-corrected chi connectivity index (χ2v) is 6.86. The maximum absolute atomic E-state index is 13.5. The van der Waals surface area contributed by atoms with E-state index in [2.05, 4.69) is 9.73 Å². The third-order valence-electron chi connectivity index (χ3n) is 4.08. The molecule has 2 aromatic rings. The van der Waals surface area contributed by atoms with Crippen molar-refractivity contribution in [3.8, 4) is 0 Å². The zero-order chi connectivity index (χ0) is 19.6. The van der Waals surface area contributed by atoms with Gasteiger partial charge in [-0.15, -0.1) is 0 Å². The van der Waals surface area contributed by atoms with Gasteiger partial charge in [-0.2, -0.15) is 4.99 Å². The van der Waals surface area contributed by atoms with Gasteiger partial charge in [-0.25, -0.2) is 4.39 Å². The predicted molar refractivity (Wildman–Crippen MR) is 92.9 cm³/mol. The topological polar surface area (TPSA) is 98.0 Å². The Morgan fingerprint density at radius 2 is 1.96 bits per heavy atom. The number of ether oxygens (including phenoxy) is 1. The second kappa shape index (κ2) is 7.78. The van der Waals surface area contributed by atoms with Crippen molar-refractivity contribution in [1.29, 1.82) is 0 Å². The number of aryl methyl sites for hydroxylation is 1. The first-order valence-corrected chi connectivity index (χ1v) is 8.97. The molecule has 0 aliphatic carbocycles. The largest absolute Gasteiger partial charge is 0.469 e. The van der Waals surface area contributed by atoms with Crippen LogP contribution in [0.25, 0.3) is 10.2 Å². The molecule has 0 saturated carbocycles. The lowest BCUT2D eigenvalue weighted by Gasteiger charge is -2.10. The molecule has 10 heteroatoms. The molecular formula is C17H16FN3O5S. The molecule has 3 amide bonds. The van der Waals surface area contributed by atoms with Gasteiger partial charge < -0.3 is 9.30 Å². The van der Waals surface area contributed by atoms with Gasteiger partial charge in [0, 0.05) is 19.4 Å². The van der Waals surface area contributed by atoms with Crippen LogP contribution in [0.5, 0.6) is 0 Å². The number of nitrogens with zero attached hydrogens (tertiary/aromatic N) is 3. The van der Waals surface area contributed by atoms with Crippen LogP contribution in [-0.4, -0.2) is 46.8 Å². The van der Waals surface area contributed by atoms with Crippen LogP contribution >= 0.6 is 11.3 Å². The van der Waals surface area contributed by atoms with Crippen LogP contribution in [0.1, 0.15) is 19.3 Å². The van der Waals surface area contributed by atoms with Crippen LogP contribution in [0.3, 0.4) is 0 Å². The Hall–Kier alpha value is -2.88. The number of esters is 1. The number of methoxy groups -OCH3 is 1. The number of rotatable bonds is 5. The van der Waals surface area contributed by atoms with Crippen molar-refractivity contribution in [2.75, 3.05) is 13.7 Å². The summed E-state index contributed by atoms with van der Waals surface area (Å²) in [5.74, 6) is -2.34. The van der Waals surface area contributed by atoms with Crippen molar-refractivity contribution in [3.63, 3.8) is 0 Å². The molecule has 3 rings (SSSR count). The number of halogens is 1.